The Labute approximate surface area is 232 Å². The second-order valence-electron chi connectivity index (χ2n) is 9.03. The largest absolute Gasteiger partial charge is 0.336 e. The van der Waals surface area contributed by atoms with Gasteiger partial charge in [0.2, 0.25) is 5.91 Å². The zero-order chi connectivity index (χ0) is 26.0. The zero-order valence-electron chi connectivity index (χ0n) is 20.1. The standard InChI is InChI=1S/C28H18Cl2N6OS/c1-16-32-33-24-14-31-26(18-6-2-3-7-21(18)29)20-13-17(38-28(20)36(16)24)5-4-11-35-23-9-8-22(30)19-10-12-34(27(19)23)15-25(35)37/h2-3,6-10,12-13H,11,14-15H2,1H3. The molecule has 0 fully saturated rings. The summed E-state index contributed by atoms with van der Waals surface area (Å²) in [5.41, 5.74) is 4.37. The van der Waals surface area contributed by atoms with Crippen LogP contribution in [-0.4, -0.2) is 37.5 Å². The number of fused-ring (bicyclic) bond motifs is 3. The van der Waals surface area contributed by atoms with E-state index < -0.39 is 0 Å². The Morgan fingerprint density at radius 2 is 1.92 bits per heavy atom. The molecule has 0 saturated carbocycles. The molecule has 0 radical (unpaired) electrons. The first kappa shape index (κ1) is 23.2. The predicted octanol–water partition coefficient (Wildman–Crippen LogP) is 5.65. The maximum Gasteiger partial charge on any atom is 0.247 e. The van der Waals surface area contributed by atoms with E-state index in [2.05, 4.69) is 22.0 Å². The zero-order valence-corrected chi connectivity index (χ0v) is 22.4. The lowest BCUT2D eigenvalue weighted by Crippen LogP contribution is -2.37. The molecule has 1 amide bonds. The lowest BCUT2D eigenvalue weighted by atomic mass is 10.0. The van der Waals surface area contributed by atoms with Gasteiger partial charge in [0.1, 0.15) is 23.9 Å². The molecule has 0 N–H and O–H groups in total. The summed E-state index contributed by atoms with van der Waals surface area (Å²) in [7, 11) is 0. The van der Waals surface area contributed by atoms with Crippen molar-refractivity contribution in [3.63, 3.8) is 0 Å². The van der Waals surface area contributed by atoms with Crippen LogP contribution in [0.1, 0.15) is 27.7 Å². The highest BCUT2D eigenvalue weighted by Gasteiger charge is 2.27. The normalized spacial score (nSPS) is 14.0. The summed E-state index contributed by atoms with van der Waals surface area (Å²) in [6.07, 6.45) is 1.90. The molecule has 5 aromatic rings. The summed E-state index contributed by atoms with van der Waals surface area (Å²) < 4.78 is 3.97. The number of halogens is 2. The minimum absolute atomic E-state index is 0.00789. The van der Waals surface area contributed by atoms with Gasteiger partial charge >= 0.3 is 0 Å². The molecule has 0 atom stereocenters. The van der Waals surface area contributed by atoms with Gasteiger partial charge in [-0.15, -0.1) is 21.5 Å². The summed E-state index contributed by atoms with van der Waals surface area (Å²) >= 11 is 14.5. The molecule has 38 heavy (non-hydrogen) atoms. The van der Waals surface area contributed by atoms with Crippen molar-refractivity contribution in [2.24, 2.45) is 4.99 Å². The molecule has 5 heterocycles. The number of rotatable bonds is 2. The quantitative estimate of drug-likeness (QED) is 0.264. The second kappa shape index (κ2) is 8.84. The first-order valence-electron chi connectivity index (χ1n) is 11.9. The van der Waals surface area contributed by atoms with Crippen LogP contribution in [0.2, 0.25) is 10.0 Å². The number of aryl methyl sites for hydroxylation is 1. The number of aromatic nitrogens is 4. The number of hydrogen-bond donors (Lipinski definition) is 0. The van der Waals surface area contributed by atoms with E-state index in [4.69, 9.17) is 28.2 Å². The van der Waals surface area contributed by atoms with E-state index in [1.165, 1.54) is 0 Å². The number of thiophene rings is 1. The third-order valence-electron chi connectivity index (χ3n) is 6.77. The molecule has 0 saturated heterocycles. The third-order valence-corrected chi connectivity index (χ3v) is 8.46. The first-order valence-corrected chi connectivity index (χ1v) is 13.5. The molecular weight excluding hydrogens is 539 g/mol. The maximum absolute atomic E-state index is 13.0. The molecule has 3 aromatic heterocycles. The fourth-order valence-corrected chi connectivity index (χ4v) is 6.58. The van der Waals surface area contributed by atoms with Crippen LogP contribution in [0.4, 0.5) is 5.69 Å². The number of benzene rings is 2. The predicted molar refractivity (Wildman–Crippen MR) is 151 cm³/mol. The van der Waals surface area contributed by atoms with Gasteiger partial charge in [0.15, 0.2) is 5.82 Å². The van der Waals surface area contributed by atoms with Crippen LogP contribution < -0.4 is 4.90 Å². The number of aliphatic imine (C=N–C) groups is 1. The smallest absolute Gasteiger partial charge is 0.247 e. The van der Waals surface area contributed by atoms with E-state index in [1.54, 1.807) is 16.2 Å². The van der Waals surface area contributed by atoms with Crippen molar-refractivity contribution in [3.8, 4) is 16.8 Å². The Balaban J connectivity index is 1.28. The van der Waals surface area contributed by atoms with Crippen LogP contribution in [0.25, 0.3) is 15.9 Å². The molecule has 7 nitrogen and oxygen atoms in total. The Bertz CT molecular complexity index is 1890. The van der Waals surface area contributed by atoms with Gasteiger partial charge in [-0.2, -0.15) is 0 Å². The molecule has 2 aromatic carbocycles. The van der Waals surface area contributed by atoms with Crippen LogP contribution >= 0.6 is 34.5 Å². The summed E-state index contributed by atoms with van der Waals surface area (Å²) in [5, 5.41) is 11.8. The molecular formula is C28H18Cl2N6OS. The van der Waals surface area contributed by atoms with Crippen molar-refractivity contribution in [1.82, 2.24) is 19.3 Å². The minimum atomic E-state index is -0.00789. The van der Waals surface area contributed by atoms with Crippen molar-refractivity contribution < 1.29 is 4.79 Å². The second-order valence-corrected chi connectivity index (χ2v) is 10.9. The fraction of sp³-hybridized carbons (Fsp3) is 0.143. The highest BCUT2D eigenvalue weighted by Crippen LogP contribution is 2.36. The Morgan fingerprint density at radius 3 is 2.79 bits per heavy atom. The molecule has 186 valence electrons. The highest BCUT2D eigenvalue weighted by atomic mass is 35.5. The topological polar surface area (TPSA) is 68.3 Å². The lowest BCUT2D eigenvalue weighted by Gasteiger charge is -2.27. The summed E-state index contributed by atoms with van der Waals surface area (Å²) in [6, 6.07) is 15.4. The van der Waals surface area contributed by atoms with Gasteiger partial charge < -0.3 is 4.57 Å². The number of nitrogens with zero attached hydrogens (tertiary/aromatic N) is 6. The van der Waals surface area contributed by atoms with Gasteiger partial charge in [0.05, 0.1) is 33.4 Å². The molecule has 0 unspecified atom stereocenters. The highest BCUT2D eigenvalue weighted by molar-refractivity contribution is 7.15. The Kier molecular flexibility index (Phi) is 5.41. The number of anilines is 1. The van der Waals surface area contributed by atoms with Crippen molar-refractivity contribution >= 4 is 62.7 Å². The van der Waals surface area contributed by atoms with Crippen molar-refractivity contribution in [3.05, 3.63) is 92.4 Å². The molecule has 0 aliphatic carbocycles. The average Bonchev–Trinajstić information content (AvgIpc) is 3.59. The van der Waals surface area contributed by atoms with Crippen LogP contribution in [0, 0.1) is 18.8 Å². The number of hydrogen-bond acceptors (Lipinski definition) is 5. The number of carbonyl (C=O) groups is 1. The van der Waals surface area contributed by atoms with Gasteiger partial charge in [-0.05, 0) is 37.3 Å². The molecule has 10 heteroatoms. The van der Waals surface area contributed by atoms with E-state index in [0.29, 0.717) is 16.6 Å². The van der Waals surface area contributed by atoms with Crippen LogP contribution in [-0.2, 0) is 17.9 Å². The van der Waals surface area contributed by atoms with E-state index >= 15 is 0 Å². The minimum Gasteiger partial charge on any atom is -0.336 e. The summed E-state index contributed by atoms with van der Waals surface area (Å²) in [5.74, 6) is 8.04. The van der Waals surface area contributed by atoms with Crippen molar-refractivity contribution in [1.29, 1.82) is 0 Å². The van der Waals surface area contributed by atoms with Gasteiger partial charge in [-0.3, -0.25) is 19.3 Å². The maximum atomic E-state index is 13.0. The van der Waals surface area contributed by atoms with E-state index in [9.17, 15) is 4.79 Å². The van der Waals surface area contributed by atoms with Gasteiger partial charge in [0.25, 0.3) is 0 Å². The lowest BCUT2D eigenvalue weighted by molar-refractivity contribution is -0.119. The monoisotopic (exact) mass is 556 g/mol. The fourth-order valence-electron chi connectivity index (χ4n) is 5.04. The van der Waals surface area contributed by atoms with Gasteiger partial charge in [-0.1, -0.05) is 53.2 Å². The molecule has 0 spiro atoms. The van der Waals surface area contributed by atoms with E-state index in [0.717, 1.165) is 55.0 Å². The van der Waals surface area contributed by atoms with Gasteiger partial charge in [-0.25, -0.2) is 0 Å². The van der Waals surface area contributed by atoms with Crippen molar-refractivity contribution in [2.75, 3.05) is 11.4 Å². The molecule has 2 aliphatic rings. The molecule has 0 bridgehead atoms. The first-order chi connectivity index (χ1) is 18.5. The van der Waals surface area contributed by atoms with Crippen LogP contribution in [0.3, 0.4) is 0 Å². The van der Waals surface area contributed by atoms with E-state index in [-0.39, 0.29) is 19.0 Å². The molecule has 2 aliphatic heterocycles. The number of carbonyl (C=O) groups excluding carboxylic acids is 1. The number of amides is 1. The van der Waals surface area contributed by atoms with Crippen molar-refractivity contribution in [2.45, 2.75) is 20.0 Å². The van der Waals surface area contributed by atoms with E-state index in [1.807, 2.05) is 70.8 Å². The van der Waals surface area contributed by atoms with Crippen LogP contribution in [0.5, 0.6) is 0 Å². The summed E-state index contributed by atoms with van der Waals surface area (Å²) in [4.78, 5) is 20.4. The van der Waals surface area contributed by atoms with Crippen LogP contribution in [0.15, 0.2) is 59.7 Å². The summed E-state index contributed by atoms with van der Waals surface area (Å²) in [6.45, 7) is 2.86. The third kappa shape index (κ3) is 3.58. The SMILES string of the molecule is Cc1nnc2n1-c1sc(C#CCN3C(=O)Cn4ccc5c(Cl)ccc3c54)cc1C(c1ccccc1Cl)=NC2. The Hall–Kier alpha value is -3.90. The van der Waals surface area contributed by atoms with Gasteiger partial charge in [0, 0.05) is 27.7 Å². The Morgan fingerprint density at radius 1 is 1.05 bits per heavy atom. The molecule has 7 rings (SSSR count). The average molecular weight is 557 g/mol.